The Morgan fingerprint density at radius 1 is 1.27 bits per heavy atom. The molecule has 1 atom stereocenters. The average Bonchev–Trinajstić information content (AvgIpc) is 2.84. The molecule has 0 saturated heterocycles. The van der Waals surface area contributed by atoms with Crippen molar-refractivity contribution < 1.29 is 4.79 Å². The van der Waals surface area contributed by atoms with Gasteiger partial charge in [-0.1, -0.05) is 38.1 Å². The number of nitrogens with zero attached hydrogens (tertiary/aromatic N) is 2. The average molecular weight is 300 g/mol. The quantitative estimate of drug-likeness (QED) is 0.889. The Morgan fingerprint density at radius 2 is 1.86 bits per heavy atom. The lowest BCUT2D eigenvalue weighted by atomic mass is 9.99. The number of aryl methyl sites for hydroxylation is 1. The summed E-state index contributed by atoms with van der Waals surface area (Å²) in [5.41, 5.74) is 9.89. The van der Waals surface area contributed by atoms with Crippen molar-refractivity contribution in [3.63, 3.8) is 0 Å². The van der Waals surface area contributed by atoms with Gasteiger partial charge in [0.05, 0.1) is 11.8 Å². The molecule has 22 heavy (non-hydrogen) atoms. The summed E-state index contributed by atoms with van der Waals surface area (Å²) >= 11 is 0. The van der Waals surface area contributed by atoms with Crippen LogP contribution in [0.25, 0.3) is 0 Å². The number of carbonyl (C=O) groups excluding carboxylic acids is 1. The molecule has 1 aromatic carbocycles. The Balaban J connectivity index is 1.96. The van der Waals surface area contributed by atoms with Gasteiger partial charge in [0.2, 0.25) is 0 Å². The van der Waals surface area contributed by atoms with Crippen LogP contribution in [0.15, 0.2) is 30.5 Å². The Hall–Kier alpha value is -2.14. The van der Waals surface area contributed by atoms with Crippen molar-refractivity contribution >= 4 is 5.91 Å². The smallest absolute Gasteiger partial charge is 0.254 e. The van der Waals surface area contributed by atoms with Crippen LogP contribution in [0.1, 0.15) is 53.0 Å². The molecule has 0 bridgehead atoms. The summed E-state index contributed by atoms with van der Waals surface area (Å²) in [6, 6.07) is 8.02. The summed E-state index contributed by atoms with van der Waals surface area (Å²) in [6.45, 7) is 6.58. The van der Waals surface area contributed by atoms with E-state index in [0.717, 1.165) is 11.3 Å². The highest BCUT2D eigenvalue weighted by Crippen LogP contribution is 2.17. The summed E-state index contributed by atoms with van der Waals surface area (Å²) in [4.78, 5) is 12.1. The maximum Gasteiger partial charge on any atom is 0.254 e. The molecule has 1 heterocycles. The molecular formula is C17H24N4O. The first-order chi connectivity index (χ1) is 10.4. The molecule has 0 aliphatic carbocycles. The first-order valence-electron chi connectivity index (χ1n) is 7.52. The van der Waals surface area contributed by atoms with Gasteiger partial charge in [-0.3, -0.25) is 9.48 Å². The summed E-state index contributed by atoms with van der Waals surface area (Å²) in [5.74, 6) is 0.360. The molecule has 0 aliphatic heterocycles. The van der Waals surface area contributed by atoms with E-state index in [1.54, 1.807) is 10.9 Å². The van der Waals surface area contributed by atoms with Gasteiger partial charge in [0.15, 0.2) is 0 Å². The highest BCUT2D eigenvalue weighted by molar-refractivity contribution is 5.95. The number of carbonyl (C=O) groups is 1. The number of benzene rings is 1. The fourth-order valence-corrected chi connectivity index (χ4v) is 2.27. The number of rotatable bonds is 5. The molecule has 5 heteroatoms. The molecule has 0 spiro atoms. The van der Waals surface area contributed by atoms with Crippen molar-refractivity contribution in [3.8, 4) is 0 Å². The number of nitrogens with two attached hydrogens (primary N) is 1. The SMILES string of the molecule is Cc1c(C(=O)NCC(N)c2ccc(C(C)C)cc2)cnn1C. The highest BCUT2D eigenvalue weighted by Gasteiger charge is 2.14. The molecule has 2 aromatic rings. The van der Waals surface area contributed by atoms with Crippen LogP contribution in [-0.4, -0.2) is 22.2 Å². The monoisotopic (exact) mass is 300 g/mol. The second-order valence-electron chi connectivity index (χ2n) is 5.91. The van der Waals surface area contributed by atoms with Crippen molar-refractivity contribution in [1.82, 2.24) is 15.1 Å². The highest BCUT2D eigenvalue weighted by atomic mass is 16.1. The molecule has 118 valence electrons. The molecular weight excluding hydrogens is 276 g/mol. The van der Waals surface area contributed by atoms with Crippen molar-refractivity contribution in [2.75, 3.05) is 6.54 Å². The zero-order valence-electron chi connectivity index (χ0n) is 13.6. The van der Waals surface area contributed by atoms with Gasteiger partial charge >= 0.3 is 0 Å². The van der Waals surface area contributed by atoms with Gasteiger partial charge in [-0.05, 0) is 24.0 Å². The zero-order chi connectivity index (χ0) is 16.3. The lowest BCUT2D eigenvalue weighted by Gasteiger charge is -2.14. The van der Waals surface area contributed by atoms with Crippen molar-refractivity contribution in [2.24, 2.45) is 12.8 Å². The second kappa shape index (κ2) is 6.75. The fourth-order valence-electron chi connectivity index (χ4n) is 2.27. The van der Waals surface area contributed by atoms with Crippen LogP contribution in [0.5, 0.6) is 0 Å². The van der Waals surface area contributed by atoms with Gasteiger partial charge in [0.1, 0.15) is 0 Å². The van der Waals surface area contributed by atoms with E-state index in [2.05, 4.69) is 36.4 Å². The minimum absolute atomic E-state index is 0.139. The number of nitrogens with one attached hydrogen (secondary N) is 1. The van der Waals surface area contributed by atoms with Crippen LogP contribution in [-0.2, 0) is 7.05 Å². The maximum atomic E-state index is 12.1. The topological polar surface area (TPSA) is 72.9 Å². The molecule has 5 nitrogen and oxygen atoms in total. The third-order valence-corrected chi connectivity index (χ3v) is 3.99. The van der Waals surface area contributed by atoms with Gasteiger partial charge in [0.25, 0.3) is 5.91 Å². The van der Waals surface area contributed by atoms with Crippen LogP contribution < -0.4 is 11.1 Å². The Kier molecular flexibility index (Phi) is 4.98. The van der Waals surface area contributed by atoms with E-state index in [1.165, 1.54) is 5.56 Å². The van der Waals surface area contributed by atoms with E-state index >= 15 is 0 Å². The predicted octanol–water partition coefficient (Wildman–Crippen LogP) is 2.28. The van der Waals surface area contributed by atoms with Gasteiger partial charge in [-0.2, -0.15) is 5.10 Å². The first kappa shape index (κ1) is 16.2. The van der Waals surface area contributed by atoms with Crippen LogP contribution in [0.3, 0.4) is 0 Å². The number of aromatic nitrogens is 2. The van der Waals surface area contributed by atoms with Gasteiger partial charge in [0, 0.05) is 25.3 Å². The normalized spacial score (nSPS) is 12.5. The lowest BCUT2D eigenvalue weighted by molar-refractivity contribution is 0.0950. The summed E-state index contributed by atoms with van der Waals surface area (Å²) in [7, 11) is 1.81. The molecule has 3 N–H and O–H groups in total. The molecule has 0 saturated carbocycles. The van der Waals surface area contributed by atoms with Crippen LogP contribution >= 0.6 is 0 Å². The first-order valence-corrected chi connectivity index (χ1v) is 7.52. The molecule has 0 aliphatic rings. The fraction of sp³-hybridized carbons (Fsp3) is 0.412. The van der Waals surface area contributed by atoms with Gasteiger partial charge in [-0.25, -0.2) is 0 Å². The van der Waals surface area contributed by atoms with E-state index in [-0.39, 0.29) is 11.9 Å². The maximum absolute atomic E-state index is 12.1. The van der Waals surface area contributed by atoms with E-state index in [4.69, 9.17) is 5.73 Å². The number of hydrogen-bond donors (Lipinski definition) is 2. The van der Waals surface area contributed by atoms with E-state index in [1.807, 2.05) is 26.1 Å². The molecule has 0 fully saturated rings. The van der Waals surface area contributed by atoms with Crippen molar-refractivity contribution in [3.05, 3.63) is 52.8 Å². The second-order valence-corrected chi connectivity index (χ2v) is 5.91. The molecule has 1 unspecified atom stereocenters. The summed E-state index contributed by atoms with van der Waals surface area (Å²) < 4.78 is 1.68. The lowest BCUT2D eigenvalue weighted by Crippen LogP contribution is -2.32. The molecule has 0 radical (unpaired) electrons. The Bertz CT molecular complexity index is 643. The van der Waals surface area contributed by atoms with Crippen LogP contribution in [0, 0.1) is 6.92 Å². The van der Waals surface area contributed by atoms with E-state index in [9.17, 15) is 4.79 Å². The van der Waals surface area contributed by atoms with Gasteiger partial charge in [-0.15, -0.1) is 0 Å². The molecule has 2 rings (SSSR count). The van der Waals surface area contributed by atoms with Crippen LogP contribution in [0.4, 0.5) is 0 Å². The minimum atomic E-state index is -0.220. The predicted molar refractivity (Wildman–Crippen MR) is 87.7 cm³/mol. The third kappa shape index (κ3) is 3.54. The zero-order valence-corrected chi connectivity index (χ0v) is 13.6. The van der Waals surface area contributed by atoms with E-state index in [0.29, 0.717) is 18.0 Å². The Morgan fingerprint density at radius 3 is 2.36 bits per heavy atom. The summed E-state index contributed by atoms with van der Waals surface area (Å²) in [5, 5.41) is 6.94. The Labute approximate surface area is 131 Å². The largest absolute Gasteiger partial charge is 0.350 e. The third-order valence-electron chi connectivity index (χ3n) is 3.99. The minimum Gasteiger partial charge on any atom is -0.350 e. The standard InChI is InChI=1S/C17H24N4O/c1-11(2)13-5-7-14(8-6-13)16(18)10-19-17(22)15-9-20-21(4)12(15)3/h5-9,11,16H,10,18H2,1-4H3,(H,19,22). The van der Waals surface area contributed by atoms with Crippen molar-refractivity contribution in [2.45, 2.75) is 32.7 Å². The molecule has 1 aromatic heterocycles. The van der Waals surface area contributed by atoms with Gasteiger partial charge < -0.3 is 11.1 Å². The van der Waals surface area contributed by atoms with Crippen LogP contribution in [0.2, 0.25) is 0 Å². The van der Waals surface area contributed by atoms with Crippen molar-refractivity contribution in [1.29, 1.82) is 0 Å². The number of amides is 1. The molecule has 1 amide bonds. The summed E-state index contributed by atoms with van der Waals surface area (Å²) in [6.07, 6.45) is 1.58. The van der Waals surface area contributed by atoms with E-state index < -0.39 is 0 Å². The number of hydrogen-bond acceptors (Lipinski definition) is 3.